The Morgan fingerprint density at radius 2 is 2.26 bits per heavy atom. The molecule has 19 heavy (non-hydrogen) atoms. The van der Waals surface area contributed by atoms with Crippen molar-refractivity contribution < 1.29 is 0 Å². The van der Waals surface area contributed by atoms with Gasteiger partial charge in [-0.1, -0.05) is 6.07 Å². The number of hydrogen-bond donors (Lipinski definition) is 1. The smallest absolute Gasteiger partial charge is 0.133 e. The fourth-order valence-corrected chi connectivity index (χ4v) is 3.51. The average Bonchev–Trinajstić information content (AvgIpc) is 2.89. The minimum atomic E-state index is 0.134. The highest BCUT2D eigenvalue weighted by atomic mass is 32.2. The van der Waals surface area contributed by atoms with Crippen LogP contribution in [0.4, 0.5) is 5.82 Å². The molecule has 1 N–H and O–H groups in total. The van der Waals surface area contributed by atoms with E-state index in [1.165, 1.54) is 23.5 Å². The molecule has 0 radical (unpaired) electrons. The van der Waals surface area contributed by atoms with Crippen LogP contribution in [0.5, 0.6) is 0 Å². The Hall–Kier alpha value is -0.740. The Kier molecular flexibility index (Phi) is 4.74. The predicted molar refractivity (Wildman–Crippen MR) is 85.0 cm³/mol. The molecule has 1 unspecified atom stereocenters. The van der Waals surface area contributed by atoms with Crippen molar-refractivity contribution in [3.63, 3.8) is 0 Å². The van der Waals surface area contributed by atoms with Crippen LogP contribution in [0.3, 0.4) is 0 Å². The van der Waals surface area contributed by atoms with E-state index in [0.717, 1.165) is 12.4 Å². The summed E-state index contributed by atoms with van der Waals surface area (Å²) in [5, 5.41) is 3.55. The fourth-order valence-electron chi connectivity index (χ4n) is 2.25. The highest BCUT2D eigenvalue weighted by Crippen LogP contribution is 2.26. The molecule has 4 heteroatoms. The van der Waals surface area contributed by atoms with Crippen LogP contribution in [0.1, 0.15) is 32.8 Å². The van der Waals surface area contributed by atoms with Crippen LogP contribution in [0.15, 0.2) is 18.3 Å². The Balaban J connectivity index is 2.11. The van der Waals surface area contributed by atoms with Gasteiger partial charge in [0.25, 0.3) is 0 Å². The Bertz CT molecular complexity index is 408. The summed E-state index contributed by atoms with van der Waals surface area (Å²) in [4.78, 5) is 6.96. The first-order chi connectivity index (χ1) is 8.97. The average molecular weight is 279 g/mol. The van der Waals surface area contributed by atoms with Gasteiger partial charge in [0.15, 0.2) is 0 Å². The quantitative estimate of drug-likeness (QED) is 0.917. The van der Waals surface area contributed by atoms with Crippen molar-refractivity contribution in [1.29, 1.82) is 0 Å². The van der Waals surface area contributed by atoms with Crippen LogP contribution in [0.2, 0.25) is 0 Å². The Labute approximate surface area is 121 Å². The number of nitrogens with zero attached hydrogens (tertiary/aromatic N) is 2. The van der Waals surface area contributed by atoms with Gasteiger partial charge in [-0.15, -0.1) is 0 Å². The van der Waals surface area contributed by atoms with E-state index in [1.54, 1.807) is 0 Å². The van der Waals surface area contributed by atoms with Crippen molar-refractivity contribution in [2.24, 2.45) is 0 Å². The van der Waals surface area contributed by atoms with Gasteiger partial charge in [-0.3, -0.25) is 0 Å². The summed E-state index contributed by atoms with van der Waals surface area (Å²) in [6.07, 6.45) is 3.17. The van der Waals surface area contributed by atoms with E-state index in [9.17, 15) is 0 Å². The van der Waals surface area contributed by atoms with Crippen molar-refractivity contribution in [3.05, 3.63) is 23.9 Å². The van der Waals surface area contributed by atoms with E-state index in [4.69, 9.17) is 0 Å². The Morgan fingerprint density at radius 1 is 1.47 bits per heavy atom. The number of nitrogens with one attached hydrogen (secondary N) is 1. The zero-order chi connectivity index (χ0) is 13.9. The highest BCUT2D eigenvalue weighted by Gasteiger charge is 2.23. The first-order valence-corrected chi connectivity index (χ1v) is 8.12. The molecule has 3 nitrogen and oxygen atoms in total. The van der Waals surface area contributed by atoms with Gasteiger partial charge in [-0.2, -0.15) is 11.8 Å². The second kappa shape index (κ2) is 6.14. The maximum absolute atomic E-state index is 4.60. The van der Waals surface area contributed by atoms with Gasteiger partial charge in [0.2, 0.25) is 0 Å². The number of thioether (sulfide) groups is 1. The molecule has 0 amide bonds. The number of pyridine rings is 1. The van der Waals surface area contributed by atoms with E-state index >= 15 is 0 Å². The topological polar surface area (TPSA) is 28.2 Å². The normalized spacial score (nSPS) is 19.7. The minimum Gasteiger partial charge on any atom is -0.356 e. The number of aromatic nitrogens is 1. The molecule has 1 fully saturated rings. The van der Waals surface area contributed by atoms with Gasteiger partial charge in [0, 0.05) is 42.7 Å². The summed E-state index contributed by atoms with van der Waals surface area (Å²) in [6, 6.07) is 4.84. The number of anilines is 1. The van der Waals surface area contributed by atoms with Gasteiger partial charge in [0.1, 0.15) is 5.82 Å². The van der Waals surface area contributed by atoms with Crippen LogP contribution in [0, 0.1) is 0 Å². The van der Waals surface area contributed by atoms with Crippen molar-refractivity contribution in [1.82, 2.24) is 10.3 Å². The van der Waals surface area contributed by atoms with E-state index in [1.807, 2.05) is 24.0 Å². The predicted octanol–water partition coefficient (Wildman–Crippen LogP) is 2.91. The van der Waals surface area contributed by atoms with E-state index in [-0.39, 0.29) is 5.54 Å². The van der Waals surface area contributed by atoms with Gasteiger partial charge in [0.05, 0.1) is 0 Å². The summed E-state index contributed by atoms with van der Waals surface area (Å²) >= 11 is 2.04. The van der Waals surface area contributed by atoms with Gasteiger partial charge in [-0.05, 0) is 39.0 Å². The molecule has 106 valence electrons. The molecule has 1 saturated heterocycles. The molecular weight excluding hydrogens is 254 g/mol. The summed E-state index contributed by atoms with van der Waals surface area (Å²) in [6.45, 7) is 7.46. The van der Waals surface area contributed by atoms with E-state index < -0.39 is 0 Å². The molecule has 0 saturated carbocycles. The molecule has 0 aromatic carbocycles. The third kappa shape index (κ3) is 4.11. The summed E-state index contributed by atoms with van der Waals surface area (Å²) in [5.74, 6) is 3.63. The number of hydrogen-bond acceptors (Lipinski definition) is 4. The van der Waals surface area contributed by atoms with Crippen molar-refractivity contribution in [2.45, 2.75) is 45.3 Å². The standard InChI is InChI=1S/C15H25N3S/c1-15(2,3)17-10-12-6-5-8-16-14(12)18(4)13-7-9-19-11-13/h5-6,8,13,17H,7,9-11H2,1-4H3. The van der Waals surface area contributed by atoms with Crippen molar-refractivity contribution in [3.8, 4) is 0 Å². The fraction of sp³-hybridized carbons (Fsp3) is 0.667. The molecule has 1 aromatic heterocycles. The molecule has 1 aliphatic heterocycles. The maximum Gasteiger partial charge on any atom is 0.133 e. The van der Waals surface area contributed by atoms with E-state index in [2.05, 4.69) is 49.1 Å². The SMILES string of the molecule is CN(c1ncccc1CNC(C)(C)C)C1CCSC1. The lowest BCUT2D eigenvalue weighted by Gasteiger charge is -2.28. The van der Waals surface area contributed by atoms with Gasteiger partial charge >= 0.3 is 0 Å². The van der Waals surface area contributed by atoms with Crippen LogP contribution in [-0.2, 0) is 6.54 Å². The van der Waals surface area contributed by atoms with Crippen LogP contribution in [-0.4, -0.2) is 35.1 Å². The maximum atomic E-state index is 4.60. The lowest BCUT2D eigenvalue weighted by atomic mass is 10.1. The monoisotopic (exact) mass is 279 g/mol. The molecule has 1 aromatic rings. The lowest BCUT2D eigenvalue weighted by Crippen LogP contribution is -2.37. The second-order valence-corrected chi connectivity index (χ2v) is 7.37. The lowest BCUT2D eigenvalue weighted by molar-refractivity contribution is 0.424. The van der Waals surface area contributed by atoms with E-state index in [0.29, 0.717) is 6.04 Å². The first-order valence-electron chi connectivity index (χ1n) is 6.97. The van der Waals surface area contributed by atoms with Gasteiger partial charge < -0.3 is 10.2 Å². The third-order valence-electron chi connectivity index (χ3n) is 3.46. The zero-order valence-corrected chi connectivity index (χ0v) is 13.3. The van der Waals surface area contributed by atoms with Crippen LogP contribution >= 0.6 is 11.8 Å². The van der Waals surface area contributed by atoms with Crippen molar-refractivity contribution in [2.75, 3.05) is 23.5 Å². The van der Waals surface area contributed by atoms with Crippen LogP contribution < -0.4 is 10.2 Å². The molecule has 0 spiro atoms. The third-order valence-corrected chi connectivity index (χ3v) is 4.61. The summed E-state index contributed by atoms with van der Waals surface area (Å²) in [7, 11) is 2.18. The van der Waals surface area contributed by atoms with Crippen molar-refractivity contribution >= 4 is 17.6 Å². The molecule has 1 aliphatic rings. The highest BCUT2D eigenvalue weighted by molar-refractivity contribution is 7.99. The molecule has 0 bridgehead atoms. The molecule has 2 heterocycles. The molecule has 2 rings (SSSR count). The molecular formula is C15H25N3S. The largest absolute Gasteiger partial charge is 0.356 e. The number of rotatable bonds is 4. The zero-order valence-electron chi connectivity index (χ0n) is 12.4. The van der Waals surface area contributed by atoms with Gasteiger partial charge in [-0.25, -0.2) is 4.98 Å². The Morgan fingerprint density at radius 3 is 2.89 bits per heavy atom. The summed E-state index contributed by atoms with van der Waals surface area (Å²) < 4.78 is 0. The molecule has 1 atom stereocenters. The minimum absolute atomic E-state index is 0.134. The first kappa shape index (κ1) is 14.7. The molecule has 0 aliphatic carbocycles. The second-order valence-electron chi connectivity index (χ2n) is 6.22. The summed E-state index contributed by atoms with van der Waals surface area (Å²) in [5.41, 5.74) is 1.42. The van der Waals surface area contributed by atoms with Crippen LogP contribution in [0.25, 0.3) is 0 Å².